The van der Waals surface area contributed by atoms with Crippen LogP contribution < -0.4 is 5.73 Å². The van der Waals surface area contributed by atoms with Gasteiger partial charge < -0.3 is 5.73 Å². The fourth-order valence-corrected chi connectivity index (χ4v) is 1.15. The van der Waals surface area contributed by atoms with E-state index in [0.29, 0.717) is 6.42 Å². The van der Waals surface area contributed by atoms with E-state index in [4.69, 9.17) is 5.73 Å². The van der Waals surface area contributed by atoms with Crippen LogP contribution in [0.3, 0.4) is 0 Å². The summed E-state index contributed by atoms with van der Waals surface area (Å²) in [5.41, 5.74) is 5.77. The summed E-state index contributed by atoms with van der Waals surface area (Å²) < 4.78 is 25.5. The van der Waals surface area contributed by atoms with E-state index in [-0.39, 0.29) is 5.69 Å². The highest BCUT2D eigenvalue weighted by atomic mass is 19.1. The van der Waals surface area contributed by atoms with Crippen LogP contribution in [0.15, 0.2) is 12.3 Å². The van der Waals surface area contributed by atoms with Gasteiger partial charge in [-0.3, -0.25) is 4.98 Å². The molecule has 1 rings (SSSR count). The van der Waals surface area contributed by atoms with E-state index in [1.807, 2.05) is 6.92 Å². The Hall–Kier alpha value is -1.03. The molecule has 0 aromatic carbocycles. The molecule has 72 valence electrons. The number of rotatable bonds is 3. The summed E-state index contributed by atoms with van der Waals surface area (Å²) in [4.78, 5) is 3.62. The highest BCUT2D eigenvalue weighted by Gasteiger charge is 2.12. The van der Waals surface area contributed by atoms with Crippen LogP contribution in [-0.4, -0.2) is 4.98 Å². The van der Waals surface area contributed by atoms with E-state index in [2.05, 4.69) is 4.98 Å². The van der Waals surface area contributed by atoms with Crippen LogP contribution >= 0.6 is 0 Å². The molecule has 0 amide bonds. The van der Waals surface area contributed by atoms with Gasteiger partial charge in [0.1, 0.15) is 11.6 Å². The van der Waals surface area contributed by atoms with Gasteiger partial charge >= 0.3 is 0 Å². The number of nitrogens with two attached hydrogens (primary N) is 1. The van der Waals surface area contributed by atoms with Gasteiger partial charge in [-0.05, 0) is 6.42 Å². The molecule has 0 fully saturated rings. The van der Waals surface area contributed by atoms with Crippen molar-refractivity contribution in [2.24, 2.45) is 5.73 Å². The summed E-state index contributed by atoms with van der Waals surface area (Å²) in [6, 6.07) is 0.364. The van der Waals surface area contributed by atoms with Crippen molar-refractivity contribution >= 4 is 0 Å². The average molecular weight is 186 g/mol. The number of nitrogens with zero attached hydrogens (tertiary/aromatic N) is 1. The molecule has 0 saturated heterocycles. The first-order chi connectivity index (χ1) is 6.15. The predicted molar refractivity (Wildman–Crippen MR) is 46.0 cm³/mol. The fraction of sp³-hybridized carbons (Fsp3) is 0.444. The molecular weight excluding hydrogens is 174 g/mol. The first-order valence-electron chi connectivity index (χ1n) is 4.21. The van der Waals surface area contributed by atoms with Gasteiger partial charge in [-0.2, -0.15) is 0 Å². The molecule has 1 heterocycles. The zero-order valence-corrected chi connectivity index (χ0v) is 7.43. The van der Waals surface area contributed by atoms with Crippen molar-refractivity contribution in [1.29, 1.82) is 0 Å². The second-order valence-corrected chi connectivity index (χ2v) is 2.92. The third-order valence-corrected chi connectivity index (χ3v) is 1.79. The fourth-order valence-electron chi connectivity index (χ4n) is 1.15. The van der Waals surface area contributed by atoms with Gasteiger partial charge in [0, 0.05) is 12.1 Å². The second-order valence-electron chi connectivity index (χ2n) is 2.92. The maximum absolute atomic E-state index is 13.0. The minimum atomic E-state index is -0.676. The van der Waals surface area contributed by atoms with Gasteiger partial charge in [-0.25, -0.2) is 8.78 Å². The summed E-state index contributed by atoms with van der Waals surface area (Å²) in [5, 5.41) is 0. The highest BCUT2D eigenvalue weighted by Crippen LogP contribution is 2.16. The van der Waals surface area contributed by atoms with Crippen LogP contribution in [0.2, 0.25) is 0 Å². The first kappa shape index (κ1) is 10.1. The van der Waals surface area contributed by atoms with Crippen molar-refractivity contribution in [2.75, 3.05) is 0 Å². The number of hydrogen-bond acceptors (Lipinski definition) is 2. The molecule has 2 nitrogen and oxygen atoms in total. The highest BCUT2D eigenvalue weighted by molar-refractivity contribution is 5.12. The van der Waals surface area contributed by atoms with Crippen LogP contribution in [0, 0.1) is 11.6 Å². The van der Waals surface area contributed by atoms with Crippen LogP contribution in [0.25, 0.3) is 0 Å². The van der Waals surface area contributed by atoms with Gasteiger partial charge in [0.2, 0.25) is 0 Å². The van der Waals surface area contributed by atoms with Gasteiger partial charge in [0.05, 0.1) is 11.9 Å². The first-order valence-corrected chi connectivity index (χ1v) is 4.21. The quantitative estimate of drug-likeness (QED) is 0.785. The monoisotopic (exact) mass is 186 g/mol. The van der Waals surface area contributed by atoms with Crippen molar-refractivity contribution in [1.82, 2.24) is 4.98 Å². The molecule has 1 aromatic rings. The van der Waals surface area contributed by atoms with Crippen molar-refractivity contribution in [3.63, 3.8) is 0 Å². The molecule has 0 aliphatic rings. The summed E-state index contributed by atoms with van der Waals surface area (Å²) >= 11 is 0. The Balaban J connectivity index is 2.88. The molecule has 1 aromatic heterocycles. The maximum atomic E-state index is 13.0. The third kappa shape index (κ3) is 2.45. The van der Waals surface area contributed by atoms with E-state index < -0.39 is 17.7 Å². The number of halogens is 2. The molecule has 2 N–H and O–H groups in total. The Morgan fingerprint density at radius 1 is 1.54 bits per heavy atom. The molecule has 0 saturated carbocycles. The summed E-state index contributed by atoms with van der Waals surface area (Å²) in [7, 11) is 0. The Labute approximate surface area is 75.8 Å². The largest absolute Gasteiger partial charge is 0.323 e. The third-order valence-electron chi connectivity index (χ3n) is 1.79. The summed E-state index contributed by atoms with van der Waals surface area (Å²) in [6.07, 6.45) is 2.48. The Bertz CT molecular complexity index is 289. The van der Waals surface area contributed by atoms with Gasteiger partial charge in [0.25, 0.3) is 0 Å². The van der Waals surface area contributed by atoms with E-state index in [1.165, 1.54) is 0 Å². The SMILES string of the molecule is CCC[C@H](N)c1ncc(F)cc1F. The number of hydrogen-bond donors (Lipinski definition) is 1. The standard InChI is InChI=1S/C9H12F2N2/c1-2-3-8(12)9-7(11)4-6(10)5-13-9/h4-5,8H,2-3,12H2,1H3/t8-/m0/s1. The lowest BCUT2D eigenvalue weighted by molar-refractivity contribution is 0.522. The average Bonchev–Trinajstić information content (AvgIpc) is 2.04. The molecule has 0 aliphatic heterocycles. The Kier molecular flexibility index (Phi) is 3.31. The van der Waals surface area contributed by atoms with Crippen LogP contribution in [0.4, 0.5) is 8.78 Å². The van der Waals surface area contributed by atoms with E-state index in [9.17, 15) is 8.78 Å². The lowest BCUT2D eigenvalue weighted by Gasteiger charge is -2.09. The molecule has 0 bridgehead atoms. The van der Waals surface area contributed by atoms with Crippen molar-refractivity contribution in [2.45, 2.75) is 25.8 Å². The van der Waals surface area contributed by atoms with Crippen molar-refractivity contribution in [3.8, 4) is 0 Å². The van der Waals surface area contributed by atoms with E-state index in [1.54, 1.807) is 0 Å². The Morgan fingerprint density at radius 3 is 2.77 bits per heavy atom. The lowest BCUT2D eigenvalue weighted by Crippen LogP contribution is -2.13. The van der Waals surface area contributed by atoms with Gasteiger partial charge in [-0.1, -0.05) is 13.3 Å². The number of aromatic nitrogens is 1. The smallest absolute Gasteiger partial charge is 0.149 e. The van der Waals surface area contributed by atoms with Crippen molar-refractivity contribution in [3.05, 3.63) is 29.6 Å². The van der Waals surface area contributed by atoms with Crippen LogP contribution in [0.1, 0.15) is 31.5 Å². The van der Waals surface area contributed by atoms with Crippen molar-refractivity contribution < 1.29 is 8.78 Å². The zero-order chi connectivity index (χ0) is 9.84. The summed E-state index contributed by atoms with van der Waals surface area (Å²) in [6.45, 7) is 1.95. The molecule has 0 aliphatic carbocycles. The molecule has 1 atom stereocenters. The lowest BCUT2D eigenvalue weighted by atomic mass is 10.1. The molecule has 0 spiro atoms. The molecule has 0 radical (unpaired) electrons. The summed E-state index contributed by atoms with van der Waals surface area (Å²) in [5.74, 6) is -1.34. The van der Waals surface area contributed by atoms with Gasteiger partial charge in [0.15, 0.2) is 0 Å². The van der Waals surface area contributed by atoms with Crippen LogP contribution in [-0.2, 0) is 0 Å². The molecule has 0 unspecified atom stereocenters. The minimum absolute atomic E-state index is 0.142. The second kappa shape index (κ2) is 4.28. The molecule has 13 heavy (non-hydrogen) atoms. The van der Waals surface area contributed by atoms with Crippen LogP contribution in [0.5, 0.6) is 0 Å². The minimum Gasteiger partial charge on any atom is -0.323 e. The molecular formula is C9H12F2N2. The van der Waals surface area contributed by atoms with Gasteiger partial charge in [-0.15, -0.1) is 0 Å². The van der Waals surface area contributed by atoms with E-state index in [0.717, 1.165) is 18.7 Å². The van der Waals surface area contributed by atoms with E-state index >= 15 is 0 Å². The Morgan fingerprint density at radius 2 is 2.23 bits per heavy atom. The topological polar surface area (TPSA) is 38.9 Å². The molecule has 4 heteroatoms. The number of pyridine rings is 1. The predicted octanol–water partition coefficient (Wildman–Crippen LogP) is 2.16. The maximum Gasteiger partial charge on any atom is 0.149 e. The zero-order valence-electron chi connectivity index (χ0n) is 7.43. The normalized spacial score (nSPS) is 12.9.